The zero-order valence-corrected chi connectivity index (χ0v) is 7.81. The van der Waals surface area contributed by atoms with Gasteiger partial charge in [-0.05, 0) is 6.92 Å². The number of halogens is 1. The van der Waals surface area contributed by atoms with Crippen LogP contribution in [0.2, 0.25) is 0 Å². The molecule has 0 aromatic rings. The molecule has 0 N–H and O–H groups in total. The maximum atomic E-state index is 10.6. The zero-order valence-electron chi connectivity index (χ0n) is 5.65. The normalized spacial score (nSPS) is 23.2. The highest BCUT2D eigenvalue weighted by Gasteiger charge is 2.37. The first-order valence-electron chi connectivity index (χ1n) is 2.96. The monoisotopic (exact) mass is 239 g/mol. The van der Waals surface area contributed by atoms with Gasteiger partial charge < -0.3 is 4.90 Å². The summed E-state index contributed by atoms with van der Waals surface area (Å²) in [6, 6.07) is 0. The average molecular weight is 239 g/mol. The maximum absolute atomic E-state index is 10.6. The van der Waals surface area contributed by atoms with Gasteiger partial charge in [-0.25, -0.2) is 0 Å². The molecule has 0 radical (unpaired) electrons. The van der Waals surface area contributed by atoms with E-state index in [1.165, 1.54) is 0 Å². The molecule has 52 valence electrons. The molecule has 1 heterocycles. The summed E-state index contributed by atoms with van der Waals surface area (Å²) in [6.45, 7) is 5.62. The van der Waals surface area contributed by atoms with Gasteiger partial charge in [0.25, 0.3) is 0 Å². The van der Waals surface area contributed by atoms with E-state index in [1.807, 2.05) is 4.90 Å². The van der Waals surface area contributed by atoms with Crippen molar-refractivity contribution in [2.45, 2.75) is 17.3 Å². The van der Waals surface area contributed by atoms with Crippen LogP contribution in [0, 0.1) is 0 Å². The van der Waals surface area contributed by atoms with Crippen LogP contribution in [0.5, 0.6) is 0 Å². The van der Waals surface area contributed by atoms with Gasteiger partial charge in [0.15, 0.2) is 0 Å². The Morgan fingerprint density at radius 3 is 2.22 bits per heavy atom. The maximum Gasteiger partial charge on any atom is 0.219 e. The van der Waals surface area contributed by atoms with Crippen molar-refractivity contribution in [3.63, 3.8) is 0 Å². The molecule has 0 atom stereocenters. The number of amides is 1. The molecule has 1 rings (SSSR count). The third-order valence-corrected chi connectivity index (χ3v) is 2.17. The van der Waals surface area contributed by atoms with Gasteiger partial charge >= 0.3 is 0 Å². The summed E-state index contributed by atoms with van der Waals surface area (Å²) in [4.78, 5) is 12.5. The first-order chi connectivity index (χ1) is 4.01. The molecule has 0 saturated carbocycles. The highest BCUT2D eigenvalue weighted by atomic mass is 127. The molecule has 1 fully saturated rings. The van der Waals surface area contributed by atoms with E-state index in [1.54, 1.807) is 6.92 Å². The Hall–Kier alpha value is 0.200. The lowest BCUT2D eigenvalue weighted by atomic mass is 10.0. The van der Waals surface area contributed by atoms with Gasteiger partial charge in [-0.1, -0.05) is 22.6 Å². The minimum Gasteiger partial charge on any atom is -0.340 e. The highest BCUT2D eigenvalue weighted by Crippen LogP contribution is 2.29. The molecule has 1 aliphatic heterocycles. The summed E-state index contributed by atoms with van der Waals surface area (Å²) in [5, 5.41) is 0. The predicted octanol–water partition coefficient (Wildman–Crippen LogP) is 1.04. The van der Waals surface area contributed by atoms with Crippen LogP contribution in [0.15, 0.2) is 0 Å². The number of rotatable bonds is 0. The van der Waals surface area contributed by atoms with Gasteiger partial charge in [0.2, 0.25) is 5.91 Å². The molecular weight excluding hydrogens is 229 g/mol. The lowest BCUT2D eigenvalue weighted by molar-refractivity contribution is -0.133. The van der Waals surface area contributed by atoms with Crippen LogP contribution in [0.25, 0.3) is 0 Å². The van der Waals surface area contributed by atoms with Crippen molar-refractivity contribution in [2.24, 2.45) is 0 Å². The van der Waals surface area contributed by atoms with Gasteiger partial charge in [0, 0.05) is 20.0 Å². The van der Waals surface area contributed by atoms with Gasteiger partial charge in [-0.2, -0.15) is 0 Å². The minimum atomic E-state index is 0.198. The van der Waals surface area contributed by atoms with E-state index >= 15 is 0 Å². The Labute approximate surface area is 68.7 Å². The number of hydrogen-bond donors (Lipinski definition) is 0. The van der Waals surface area contributed by atoms with Gasteiger partial charge in [-0.15, -0.1) is 0 Å². The second-order valence-electron chi connectivity index (χ2n) is 2.79. The topological polar surface area (TPSA) is 20.3 Å². The number of nitrogens with zero attached hydrogens (tertiary/aromatic N) is 1. The first-order valence-corrected chi connectivity index (χ1v) is 4.04. The zero-order chi connectivity index (χ0) is 7.07. The van der Waals surface area contributed by atoms with E-state index in [9.17, 15) is 4.79 Å². The Morgan fingerprint density at radius 2 is 2.11 bits per heavy atom. The Bertz CT molecular complexity index is 136. The van der Waals surface area contributed by atoms with E-state index in [2.05, 4.69) is 29.5 Å². The van der Waals surface area contributed by atoms with E-state index in [0.717, 1.165) is 13.1 Å². The number of carbonyl (C=O) groups excluding carboxylic acids is 1. The van der Waals surface area contributed by atoms with Crippen molar-refractivity contribution in [2.75, 3.05) is 13.1 Å². The fourth-order valence-corrected chi connectivity index (χ4v) is 1.80. The Kier molecular flexibility index (Phi) is 1.71. The minimum absolute atomic E-state index is 0.198. The second kappa shape index (κ2) is 2.11. The molecule has 1 saturated heterocycles. The van der Waals surface area contributed by atoms with Gasteiger partial charge in [0.05, 0.1) is 3.42 Å². The van der Waals surface area contributed by atoms with E-state index in [-0.39, 0.29) is 5.91 Å². The van der Waals surface area contributed by atoms with Crippen molar-refractivity contribution >= 4 is 28.5 Å². The molecular formula is C6H10INO. The summed E-state index contributed by atoms with van der Waals surface area (Å²) in [7, 11) is 0. The van der Waals surface area contributed by atoms with Crippen LogP contribution in [-0.4, -0.2) is 27.3 Å². The summed E-state index contributed by atoms with van der Waals surface area (Å²) >= 11 is 2.38. The summed E-state index contributed by atoms with van der Waals surface area (Å²) in [5.41, 5.74) is 0. The molecule has 9 heavy (non-hydrogen) atoms. The molecule has 0 aromatic carbocycles. The number of likely N-dealkylation sites (tertiary alicyclic amines) is 1. The number of hydrogen-bond acceptors (Lipinski definition) is 1. The molecule has 1 amide bonds. The molecule has 0 aliphatic carbocycles. The smallest absolute Gasteiger partial charge is 0.219 e. The summed E-state index contributed by atoms with van der Waals surface area (Å²) in [5.74, 6) is 0.198. The average Bonchev–Trinajstić information content (AvgIpc) is 1.59. The molecule has 1 aliphatic rings. The van der Waals surface area contributed by atoms with Crippen molar-refractivity contribution in [3.05, 3.63) is 0 Å². The van der Waals surface area contributed by atoms with Crippen LogP contribution < -0.4 is 0 Å². The van der Waals surface area contributed by atoms with Gasteiger partial charge in [-0.3, -0.25) is 4.79 Å². The Morgan fingerprint density at radius 1 is 1.67 bits per heavy atom. The van der Waals surface area contributed by atoms with E-state index in [0.29, 0.717) is 3.42 Å². The van der Waals surface area contributed by atoms with Crippen LogP contribution in [-0.2, 0) is 4.79 Å². The quantitative estimate of drug-likeness (QED) is 0.457. The van der Waals surface area contributed by atoms with Crippen LogP contribution in [0.4, 0.5) is 0 Å². The van der Waals surface area contributed by atoms with E-state index < -0.39 is 0 Å². The van der Waals surface area contributed by atoms with Crippen LogP contribution >= 0.6 is 22.6 Å². The lowest BCUT2D eigenvalue weighted by Gasteiger charge is -2.43. The summed E-state index contributed by atoms with van der Waals surface area (Å²) in [6.07, 6.45) is 0. The van der Waals surface area contributed by atoms with Crippen molar-refractivity contribution in [1.82, 2.24) is 4.90 Å². The van der Waals surface area contributed by atoms with Crippen molar-refractivity contribution < 1.29 is 4.79 Å². The Balaban J connectivity index is 2.35. The van der Waals surface area contributed by atoms with Gasteiger partial charge in [0.1, 0.15) is 0 Å². The molecule has 3 heteroatoms. The molecule has 0 bridgehead atoms. The van der Waals surface area contributed by atoms with E-state index in [4.69, 9.17) is 0 Å². The van der Waals surface area contributed by atoms with Crippen molar-refractivity contribution in [1.29, 1.82) is 0 Å². The van der Waals surface area contributed by atoms with Crippen molar-refractivity contribution in [3.8, 4) is 0 Å². The largest absolute Gasteiger partial charge is 0.340 e. The fraction of sp³-hybridized carbons (Fsp3) is 0.833. The second-order valence-corrected chi connectivity index (χ2v) is 5.39. The fourth-order valence-electron chi connectivity index (χ4n) is 0.972. The number of carbonyl (C=O) groups is 1. The molecule has 2 nitrogen and oxygen atoms in total. The first kappa shape index (κ1) is 7.31. The number of alkyl halides is 1. The standard InChI is InChI=1S/C6H10INO/c1-5(9)8-3-6(2,7)4-8/h3-4H2,1-2H3. The third kappa shape index (κ3) is 1.56. The highest BCUT2D eigenvalue weighted by molar-refractivity contribution is 14.1. The molecule has 0 spiro atoms. The third-order valence-electron chi connectivity index (χ3n) is 1.49. The summed E-state index contributed by atoms with van der Waals surface area (Å²) < 4.78 is 0.351. The molecule has 0 aromatic heterocycles. The van der Waals surface area contributed by atoms with Crippen LogP contribution in [0.3, 0.4) is 0 Å². The lowest BCUT2D eigenvalue weighted by Crippen LogP contribution is -2.57. The molecule has 0 unspecified atom stereocenters. The SMILES string of the molecule is CC(=O)N1CC(C)(I)C1. The predicted molar refractivity (Wildman–Crippen MR) is 44.7 cm³/mol. The van der Waals surface area contributed by atoms with Crippen LogP contribution in [0.1, 0.15) is 13.8 Å².